The topological polar surface area (TPSA) is 193 Å². The summed E-state index contributed by atoms with van der Waals surface area (Å²) in [4.78, 5) is 35.1. The average molecular weight is 422 g/mol. The van der Waals surface area contributed by atoms with Crippen molar-refractivity contribution in [1.82, 2.24) is 10.6 Å². The molecule has 13 nitrogen and oxygen atoms in total. The van der Waals surface area contributed by atoms with Crippen LogP contribution < -0.4 is 10.6 Å². The van der Waals surface area contributed by atoms with Gasteiger partial charge in [-0.15, -0.1) is 0 Å². The van der Waals surface area contributed by atoms with E-state index in [0.717, 1.165) is 7.11 Å². The number of nitrogens with one attached hydrogen (secondary N) is 2. The molecule has 1 heterocycles. The molecule has 0 saturated carbocycles. The number of amides is 2. The molecule has 29 heavy (non-hydrogen) atoms. The molecule has 6 N–H and O–H groups in total. The van der Waals surface area contributed by atoms with E-state index >= 15 is 0 Å². The van der Waals surface area contributed by atoms with E-state index in [1.165, 1.54) is 6.08 Å². The molecule has 2 amide bonds. The van der Waals surface area contributed by atoms with Crippen molar-refractivity contribution >= 4 is 18.0 Å². The van der Waals surface area contributed by atoms with Crippen LogP contribution in [0.4, 0.5) is 4.79 Å². The predicted molar refractivity (Wildman–Crippen MR) is 93.2 cm³/mol. The Hall–Kier alpha value is -2.29. The summed E-state index contributed by atoms with van der Waals surface area (Å²) in [6.45, 7) is 1.53. The number of carbonyl (C=O) groups is 3. The second-order valence-electron chi connectivity index (χ2n) is 5.91. The number of aliphatic hydroxyl groups is 4. The molecule has 1 aliphatic rings. The van der Waals surface area contributed by atoms with Crippen molar-refractivity contribution in [1.29, 1.82) is 0 Å². The van der Waals surface area contributed by atoms with E-state index in [4.69, 9.17) is 14.2 Å². The highest BCUT2D eigenvalue weighted by molar-refractivity contribution is 5.88. The van der Waals surface area contributed by atoms with Gasteiger partial charge < -0.3 is 50.0 Å². The summed E-state index contributed by atoms with van der Waals surface area (Å²) in [6.07, 6.45) is -7.37. The molecule has 0 aromatic carbocycles. The first-order valence-corrected chi connectivity index (χ1v) is 8.55. The maximum atomic E-state index is 12.2. The van der Waals surface area contributed by atoms with Gasteiger partial charge in [-0.05, 0) is 0 Å². The van der Waals surface area contributed by atoms with E-state index in [1.807, 2.05) is 0 Å². The van der Waals surface area contributed by atoms with Gasteiger partial charge in [-0.1, -0.05) is 12.7 Å². The molecule has 0 aromatic heterocycles. The molecule has 0 spiro atoms. The Bertz CT molecular complexity index is 571. The first kappa shape index (κ1) is 24.7. The quantitative estimate of drug-likeness (QED) is 0.150. The molecule has 1 aliphatic heterocycles. The Morgan fingerprint density at radius 3 is 2.48 bits per heavy atom. The van der Waals surface area contributed by atoms with Gasteiger partial charge in [0, 0.05) is 0 Å². The number of aliphatic hydroxyl groups excluding tert-OH is 4. The lowest BCUT2D eigenvalue weighted by Crippen LogP contribution is -2.60. The Morgan fingerprint density at radius 2 is 1.90 bits per heavy atom. The van der Waals surface area contributed by atoms with Crippen LogP contribution in [0.1, 0.15) is 0 Å². The van der Waals surface area contributed by atoms with Crippen LogP contribution in [0.3, 0.4) is 0 Å². The fraction of sp³-hybridized carbons (Fsp3) is 0.688. The molecule has 0 unspecified atom stereocenters. The highest BCUT2D eigenvalue weighted by Gasteiger charge is 2.44. The molecule has 1 fully saturated rings. The van der Waals surface area contributed by atoms with Crippen LogP contribution in [0.15, 0.2) is 12.7 Å². The van der Waals surface area contributed by atoms with E-state index in [0.29, 0.717) is 0 Å². The van der Waals surface area contributed by atoms with E-state index in [9.17, 15) is 34.8 Å². The standard InChI is InChI=1S/C16H26N2O11/c1-3-4-27-16(25)18-8(14(24)17-5-10(20)26-2)7-28-15-13(23)12(22)11(21)9(6-19)29-15/h3,8-9,11-13,15,19,21-23H,1,4-7H2,2H3,(H,17,24)(H,18,25)/t8-,9+,11-,12-,13+,15+/m0/s1. The molecule has 1 saturated heterocycles. The summed E-state index contributed by atoms with van der Waals surface area (Å²) in [7, 11) is 1.12. The van der Waals surface area contributed by atoms with Crippen LogP contribution in [0.5, 0.6) is 0 Å². The number of hydrogen-bond acceptors (Lipinski definition) is 11. The number of esters is 1. The molecule has 0 bridgehead atoms. The van der Waals surface area contributed by atoms with Crippen LogP contribution in [0.2, 0.25) is 0 Å². The molecule has 1 rings (SSSR count). The van der Waals surface area contributed by atoms with Gasteiger partial charge in [0.25, 0.3) is 0 Å². The zero-order valence-corrected chi connectivity index (χ0v) is 15.7. The van der Waals surface area contributed by atoms with Crippen LogP contribution in [-0.2, 0) is 28.5 Å². The minimum atomic E-state index is -1.70. The Balaban J connectivity index is 2.76. The summed E-state index contributed by atoms with van der Waals surface area (Å²) in [5.41, 5.74) is 0. The minimum Gasteiger partial charge on any atom is -0.468 e. The number of carbonyl (C=O) groups excluding carboxylic acids is 3. The number of ether oxygens (including phenoxy) is 4. The Morgan fingerprint density at radius 1 is 1.21 bits per heavy atom. The van der Waals surface area contributed by atoms with Gasteiger partial charge in [0.05, 0.1) is 20.3 Å². The molecule has 0 aliphatic carbocycles. The fourth-order valence-electron chi connectivity index (χ4n) is 2.25. The lowest BCUT2D eigenvalue weighted by Gasteiger charge is -2.39. The molecule has 0 radical (unpaired) electrons. The third-order valence-corrected chi connectivity index (χ3v) is 3.85. The maximum Gasteiger partial charge on any atom is 0.408 e. The third-order valence-electron chi connectivity index (χ3n) is 3.85. The second kappa shape index (κ2) is 12.3. The fourth-order valence-corrected chi connectivity index (χ4v) is 2.25. The molecule has 6 atom stereocenters. The number of alkyl carbamates (subject to hydrolysis) is 1. The third kappa shape index (κ3) is 7.56. The zero-order chi connectivity index (χ0) is 22.0. The highest BCUT2D eigenvalue weighted by atomic mass is 16.7. The summed E-state index contributed by atoms with van der Waals surface area (Å²) in [5.74, 6) is -1.57. The number of methoxy groups -OCH3 is 1. The lowest BCUT2D eigenvalue weighted by molar-refractivity contribution is -0.301. The summed E-state index contributed by atoms with van der Waals surface area (Å²) >= 11 is 0. The van der Waals surface area contributed by atoms with Gasteiger partial charge in [-0.25, -0.2) is 4.79 Å². The molecule has 13 heteroatoms. The number of hydrogen-bond donors (Lipinski definition) is 6. The Kier molecular flexibility index (Phi) is 10.5. The first-order chi connectivity index (χ1) is 13.7. The van der Waals surface area contributed by atoms with Crippen molar-refractivity contribution in [2.45, 2.75) is 36.7 Å². The molecular weight excluding hydrogens is 396 g/mol. The van der Waals surface area contributed by atoms with E-state index < -0.39 is 74.5 Å². The molecule has 0 aromatic rings. The number of rotatable bonds is 10. The van der Waals surface area contributed by atoms with Crippen molar-refractivity contribution in [3.8, 4) is 0 Å². The first-order valence-electron chi connectivity index (χ1n) is 8.55. The van der Waals surface area contributed by atoms with Gasteiger partial charge in [0.1, 0.15) is 43.6 Å². The summed E-state index contributed by atoms with van der Waals surface area (Å²) in [5, 5.41) is 43.0. The largest absolute Gasteiger partial charge is 0.468 e. The summed E-state index contributed by atoms with van der Waals surface area (Å²) in [6, 6.07) is -1.38. The van der Waals surface area contributed by atoms with Crippen molar-refractivity contribution in [2.24, 2.45) is 0 Å². The lowest BCUT2D eigenvalue weighted by atomic mass is 9.99. The molecular formula is C16H26N2O11. The van der Waals surface area contributed by atoms with E-state index in [1.54, 1.807) is 0 Å². The Labute approximate surface area is 166 Å². The van der Waals surface area contributed by atoms with Gasteiger partial charge in [0.15, 0.2) is 6.29 Å². The summed E-state index contributed by atoms with van der Waals surface area (Å²) < 4.78 is 19.5. The van der Waals surface area contributed by atoms with Crippen molar-refractivity contribution in [3.63, 3.8) is 0 Å². The van der Waals surface area contributed by atoms with Crippen molar-refractivity contribution in [3.05, 3.63) is 12.7 Å². The van der Waals surface area contributed by atoms with E-state index in [-0.39, 0.29) is 6.61 Å². The molecule has 166 valence electrons. The monoisotopic (exact) mass is 422 g/mol. The predicted octanol–water partition coefficient (Wildman–Crippen LogP) is -3.63. The zero-order valence-electron chi connectivity index (χ0n) is 15.7. The van der Waals surface area contributed by atoms with Gasteiger partial charge in [0.2, 0.25) is 5.91 Å². The average Bonchev–Trinajstić information content (AvgIpc) is 2.72. The van der Waals surface area contributed by atoms with Crippen LogP contribution in [0.25, 0.3) is 0 Å². The smallest absolute Gasteiger partial charge is 0.408 e. The van der Waals surface area contributed by atoms with Crippen molar-refractivity contribution in [2.75, 3.05) is 33.5 Å². The van der Waals surface area contributed by atoms with Crippen LogP contribution in [0, 0.1) is 0 Å². The minimum absolute atomic E-state index is 0.129. The van der Waals surface area contributed by atoms with Crippen LogP contribution in [-0.4, -0.2) is 109 Å². The maximum absolute atomic E-state index is 12.2. The van der Waals surface area contributed by atoms with Gasteiger partial charge in [-0.3, -0.25) is 9.59 Å². The SMILES string of the molecule is C=CCOC(=O)N[C@@H](CO[C@@H]1O[C@H](CO)[C@H](O)[C@H](O)[C@H]1O)C(=O)NCC(=O)OC. The van der Waals surface area contributed by atoms with Crippen LogP contribution >= 0.6 is 0 Å². The highest BCUT2D eigenvalue weighted by Crippen LogP contribution is 2.22. The van der Waals surface area contributed by atoms with Crippen molar-refractivity contribution < 1.29 is 53.8 Å². The van der Waals surface area contributed by atoms with Gasteiger partial charge >= 0.3 is 12.1 Å². The second-order valence-corrected chi connectivity index (χ2v) is 5.91. The van der Waals surface area contributed by atoms with Gasteiger partial charge in [-0.2, -0.15) is 0 Å². The van der Waals surface area contributed by atoms with E-state index in [2.05, 4.69) is 21.9 Å². The normalized spacial score (nSPS) is 27.4.